The fourth-order valence-electron chi connectivity index (χ4n) is 7.36. The van der Waals surface area contributed by atoms with E-state index < -0.39 is 108 Å². The molecule has 29 heteroatoms. The number of nitrogen functional groups attached to an aromatic ring is 2. The van der Waals surface area contributed by atoms with E-state index in [1.807, 2.05) is 0 Å². The number of aromatic nitrogens is 6. The Morgan fingerprint density at radius 3 is 2.42 bits per heavy atom. The molecule has 3 saturated heterocycles. The maximum atomic E-state index is 14.1. The number of halogens is 1. The van der Waals surface area contributed by atoms with Gasteiger partial charge in [-0.1, -0.05) is 29.8 Å². The number of hydrogen-bond donors (Lipinski definition) is 7. The lowest BCUT2D eigenvalue weighted by Gasteiger charge is -2.29. The zero-order valence-electron chi connectivity index (χ0n) is 34.5. The van der Waals surface area contributed by atoms with Crippen molar-refractivity contribution in [3.63, 3.8) is 0 Å². The van der Waals surface area contributed by atoms with E-state index in [2.05, 4.69) is 36.4 Å². The average molecular weight is 986 g/mol. The van der Waals surface area contributed by atoms with E-state index >= 15 is 0 Å². The minimum Gasteiger partial charge on any atom is -0.455 e. The summed E-state index contributed by atoms with van der Waals surface area (Å²) < 4.78 is 73.4. The molecular weight excluding hydrogens is 940 g/mol. The Balaban J connectivity index is 1.17. The van der Waals surface area contributed by atoms with E-state index in [4.69, 9.17) is 55.8 Å². The van der Waals surface area contributed by atoms with Gasteiger partial charge in [-0.05, 0) is 36.6 Å². The smallest absolute Gasteiger partial charge is 0.455 e. The summed E-state index contributed by atoms with van der Waals surface area (Å²) in [4.78, 5) is 86.4. The number of nitrogens with one attached hydrogen (secondary N) is 1. The molecule has 3 fully saturated rings. The normalized spacial score (nSPS) is 26.8. The number of ether oxygens (including phenoxy) is 5. The lowest BCUT2D eigenvalue weighted by molar-refractivity contribution is -0.181. The molecule has 11 atom stereocenters. The maximum Gasteiger partial charge on any atom is 0.472 e. The third-order valence-electron chi connectivity index (χ3n) is 10.4. The van der Waals surface area contributed by atoms with Crippen LogP contribution < -0.4 is 22.5 Å². The number of fused-ring (bicyclic) bond motifs is 1. The van der Waals surface area contributed by atoms with Crippen LogP contribution in [0.15, 0.2) is 66.6 Å². The fraction of sp³-hybridized carbons (Fsp3) is 0.486. The van der Waals surface area contributed by atoms with E-state index in [0.717, 1.165) is 10.9 Å². The third-order valence-corrected chi connectivity index (χ3v) is 12.2. The van der Waals surface area contributed by atoms with Crippen LogP contribution in [0.1, 0.15) is 43.7 Å². The van der Waals surface area contributed by atoms with Crippen LogP contribution in [0.4, 0.5) is 11.6 Å². The summed E-state index contributed by atoms with van der Waals surface area (Å²) in [7, 11) is -10.6. The molecule has 4 aromatic rings. The molecule has 0 saturated carbocycles. The van der Waals surface area contributed by atoms with Gasteiger partial charge in [0.15, 0.2) is 36.3 Å². The number of phosphoric acid groups is 2. The molecule has 9 N–H and O–H groups in total. The van der Waals surface area contributed by atoms with Gasteiger partial charge in [-0.3, -0.25) is 27.5 Å². The van der Waals surface area contributed by atoms with Crippen molar-refractivity contribution in [2.45, 2.75) is 93.5 Å². The minimum atomic E-state index is -5.43. The lowest BCUT2D eigenvalue weighted by Crippen LogP contribution is -2.47. The fourth-order valence-corrected chi connectivity index (χ4v) is 8.79. The number of benzene rings is 1. The molecular formula is C37H46ClN9O17P2. The van der Waals surface area contributed by atoms with Crippen LogP contribution in [-0.4, -0.2) is 130 Å². The number of nitrogens with two attached hydrogens (primary N) is 2. The second kappa shape index (κ2) is 21.0. The Morgan fingerprint density at radius 1 is 1.00 bits per heavy atom. The highest BCUT2D eigenvalue weighted by Crippen LogP contribution is 2.51. The molecule has 3 aliphatic rings. The number of rotatable bonds is 20. The van der Waals surface area contributed by atoms with Crippen molar-refractivity contribution in [1.82, 2.24) is 34.4 Å². The minimum absolute atomic E-state index is 0.00774. The number of carbonyl (C=O) groups is 2. The van der Waals surface area contributed by atoms with Crippen molar-refractivity contribution in [2.75, 3.05) is 31.3 Å². The molecule has 7 rings (SSSR count). The van der Waals surface area contributed by atoms with Crippen LogP contribution in [0.2, 0.25) is 5.02 Å². The van der Waals surface area contributed by atoms with E-state index in [0.29, 0.717) is 29.8 Å². The number of amides is 1. The molecule has 0 radical (unpaired) electrons. The summed E-state index contributed by atoms with van der Waals surface area (Å²) in [6, 6.07) is 6.36. The summed E-state index contributed by atoms with van der Waals surface area (Å²) in [5.74, 6) is -1.71. The summed E-state index contributed by atoms with van der Waals surface area (Å²) in [6.45, 7) is 1.99. The second-order valence-electron chi connectivity index (χ2n) is 15.1. The lowest BCUT2D eigenvalue weighted by atomic mass is 10.0. The Morgan fingerprint density at radius 2 is 1.73 bits per heavy atom. The van der Waals surface area contributed by atoms with Crippen molar-refractivity contribution in [3.8, 4) is 0 Å². The molecule has 1 amide bonds. The van der Waals surface area contributed by atoms with Gasteiger partial charge in [0, 0.05) is 37.1 Å². The number of hydrogen-bond acceptors (Lipinski definition) is 20. The summed E-state index contributed by atoms with van der Waals surface area (Å²) in [6.07, 6.45) is -7.75. The Hall–Kier alpha value is -4.76. The number of anilines is 2. The molecule has 66 heavy (non-hydrogen) atoms. The molecule has 0 bridgehead atoms. The molecule has 26 nitrogen and oxygen atoms in total. The van der Waals surface area contributed by atoms with Gasteiger partial charge in [0.1, 0.15) is 54.2 Å². The van der Waals surface area contributed by atoms with Gasteiger partial charge >= 0.3 is 27.3 Å². The van der Waals surface area contributed by atoms with E-state index in [9.17, 15) is 43.3 Å². The molecule has 2 unspecified atom stereocenters. The standard InChI is InChI=1S/C37H46ClN9O17P2/c1-2-3-5-25(48)44-21(14-19-7-9-20(38)10-8-19)36(50)63-29-22(60-34(28(29)49)47-18-43-27-32(40)41-17-42-33(27)47)16-59-66(55,56)64-30-23(15-58-65(52,53)54)61-35(31(30)62-26-6-4-13-57-26)46-12-11-24(39)45-37(46)51/h2,7-12,17-18,21-23,26,28-31,34-35,49H,1,3-6,13-16H2,(H,44,48)(H,55,56)(H2,39,45,51)(H2,40,41,42)(H2,52,53,54)/t21-,22+,23+,26?,28+,29+,30+,31+,34+,35+/m0/s1. The van der Waals surface area contributed by atoms with E-state index in [-0.39, 0.29) is 42.2 Å². The van der Waals surface area contributed by atoms with Crippen molar-refractivity contribution >= 4 is 61.9 Å². The molecule has 1 aromatic carbocycles. The topological polar surface area (TPSA) is 366 Å². The molecule has 0 spiro atoms. The highest BCUT2D eigenvalue weighted by Gasteiger charge is 2.54. The number of phosphoric ester groups is 2. The molecule has 358 valence electrons. The van der Waals surface area contributed by atoms with Crippen LogP contribution in [0.3, 0.4) is 0 Å². The first-order chi connectivity index (χ1) is 31.4. The summed E-state index contributed by atoms with van der Waals surface area (Å²) in [5.41, 5.74) is 11.5. The SMILES string of the molecule is C=CCCC(=O)N[C@@H](Cc1ccc(Cl)cc1)C(=O)O[C@H]1[C@@H](O)[C@H](n2cnc3c(N)ncnc32)O[C@@H]1COP(=O)(O)O[C@H]1[C@@H](OC2CCCO2)[C@H](n2ccc(N)nc2=O)O[C@@H]1COP(=O)(O)O. The monoisotopic (exact) mass is 985 g/mol. The number of aliphatic hydroxyl groups is 1. The largest absolute Gasteiger partial charge is 0.472 e. The van der Waals surface area contributed by atoms with Crippen LogP contribution in [0.5, 0.6) is 0 Å². The predicted octanol–water partition coefficient (Wildman–Crippen LogP) is 0.795. The van der Waals surface area contributed by atoms with Crippen molar-refractivity contribution < 1.29 is 75.8 Å². The maximum absolute atomic E-state index is 14.1. The highest BCUT2D eigenvalue weighted by atomic mass is 35.5. The number of nitrogens with zero attached hydrogens (tertiary/aromatic N) is 6. The van der Waals surface area contributed by atoms with Crippen LogP contribution in [-0.2, 0) is 62.4 Å². The number of esters is 1. The average Bonchev–Trinajstić information content (AvgIpc) is 4.07. The molecule has 6 heterocycles. The van der Waals surface area contributed by atoms with Gasteiger partial charge < -0.3 is 60.3 Å². The number of carbonyl (C=O) groups excluding carboxylic acids is 2. The molecule has 3 aliphatic heterocycles. The number of allylic oxidation sites excluding steroid dienone is 1. The van der Waals surface area contributed by atoms with Crippen LogP contribution in [0, 0.1) is 0 Å². The Labute approximate surface area is 378 Å². The Bertz CT molecular complexity index is 2530. The second-order valence-corrected chi connectivity index (χ2v) is 18.2. The first-order valence-electron chi connectivity index (χ1n) is 20.1. The number of imidazole rings is 1. The van der Waals surface area contributed by atoms with Crippen LogP contribution >= 0.6 is 27.2 Å². The molecule has 0 aliphatic carbocycles. The van der Waals surface area contributed by atoms with E-state index in [1.165, 1.54) is 29.2 Å². The van der Waals surface area contributed by atoms with Crippen molar-refractivity contribution in [3.05, 3.63) is 82.9 Å². The van der Waals surface area contributed by atoms with Crippen molar-refractivity contribution in [1.29, 1.82) is 0 Å². The van der Waals surface area contributed by atoms with Gasteiger partial charge in [-0.2, -0.15) is 4.98 Å². The zero-order valence-corrected chi connectivity index (χ0v) is 37.1. The van der Waals surface area contributed by atoms with Gasteiger partial charge in [0.05, 0.1) is 19.5 Å². The zero-order chi connectivity index (χ0) is 47.3. The third kappa shape index (κ3) is 12.0. The summed E-state index contributed by atoms with van der Waals surface area (Å²) in [5, 5.41) is 14.9. The first-order valence-corrected chi connectivity index (χ1v) is 23.5. The quantitative estimate of drug-likeness (QED) is 0.0366. The van der Waals surface area contributed by atoms with Gasteiger partial charge in [-0.15, -0.1) is 6.58 Å². The predicted molar refractivity (Wildman–Crippen MR) is 225 cm³/mol. The number of aliphatic hydroxyl groups excluding tert-OH is 1. The van der Waals surface area contributed by atoms with Gasteiger partial charge in [0.25, 0.3) is 0 Å². The van der Waals surface area contributed by atoms with Crippen molar-refractivity contribution in [2.24, 2.45) is 0 Å². The Kier molecular flexibility index (Phi) is 15.7. The van der Waals surface area contributed by atoms with E-state index in [1.54, 1.807) is 24.3 Å². The van der Waals surface area contributed by atoms with Crippen LogP contribution in [0.25, 0.3) is 11.2 Å². The van der Waals surface area contributed by atoms with Gasteiger partial charge in [-0.25, -0.2) is 33.7 Å². The van der Waals surface area contributed by atoms with Gasteiger partial charge in [0.2, 0.25) is 5.91 Å². The summed E-state index contributed by atoms with van der Waals surface area (Å²) >= 11 is 6.07. The highest BCUT2D eigenvalue weighted by molar-refractivity contribution is 7.47. The molecule has 3 aromatic heterocycles. The first kappa shape index (κ1) is 49.2.